The van der Waals surface area contributed by atoms with Crippen molar-refractivity contribution in [3.63, 3.8) is 0 Å². The van der Waals surface area contributed by atoms with Gasteiger partial charge in [-0.1, -0.05) is 6.92 Å². The molecule has 0 N–H and O–H groups in total. The molecule has 14 heavy (non-hydrogen) atoms. The zero-order valence-electron chi connectivity index (χ0n) is 7.83. The Morgan fingerprint density at radius 1 is 1.43 bits per heavy atom. The minimum atomic E-state index is 0.0443. The van der Waals surface area contributed by atoms with Crippen LogP contribution in [0.1, 0.15) is 13.3 Å². The summed E-state index contributed by atoms with van der Waals surface area (Å²) in [6, 6.07) is 5.57. The first-order chi connectivity index (χ1) is 6.79. The second kappa shape index (κ2) is 4.09. The zero-order valence-corrected chi connectivity index (χ0v) is 9.41. The van der Waals surface area contributed by atoms with Gasteiger partial charge in [0.15, 0.2) is 16.5 Å². The van der Waals surface area contributed by atoms with Crippen LogP contribution in [0.2, 0.25) is 0 Å². The van der Waals surface area contributed by atoms with Crippen molar-refractivity contribution in [3.8, 4) is 17.2 Å². The van der Waals surface area contributed by atoms with E-state index in [-0.39, 0.29) is 5.01 Å². The molecule has 0 saturated carbocycles. The number of halogens is 1. The molecule has 0 amide bonds. The van der Waals surface area contributed by atoms with E-state index >= 15 is 0 Å². The minimum Gasteiger partial charge on any atom is -0.479 e. The number of fused-ring (bicyclic) bond motifs is 1. The lowest BCUT2D eigenvalue weighted by Gasteiger charge is -2.10. The van der Waals surface area contributed by atoms with Crippen LogP contribution >= 0.6 is 15.9 Å². The predicted molar refractivity (Wildman–Crippen MR) is 56.2 cm³/mol. The Labute approximate surface area is 91.1 Å². The number of rotatable bonds is 3. The van der Waals surface area contributed by atoms with Crippen molar-refractivity contribution >= 4 is 15.9 Å². The highest BCUT2D eigenvalue weighted by molar-refractivity contribution is 9.09. The lowest BCUT2D eigenvalue weighted by atomic mass is 10.3. The summed E-state index contributed by atoms with van der Waals surface area (Å²) in [5.41, 5.74) is 0. The van der Waals surface area contributed by atoms with Crippen LogP contribution in [0.3, 0.4) is 0 Å². The first-order valence-electron chi connectivity index (χ1n) is 4.50. The molecule has 0 bridgehead atoms. The lowest BCUT2D eigenvalue weighted by molar-refractivity contribution is 0.173. The van der Waals surface area contributed by atoms with E-state index < -0.39 is 0 Å². The van der Waals surface area contributed by atoms with Crippen molar-refractivity contribution in [2.75, 3.05) is 6.79 Å². The van der Waals surface area contributed by atoms with E-state index in [1.54, 1.807) is 0 Å². The fourth-order valence-corrected chi connectivity index (χ4v) is 1.40. The number of hydrogen-bond acceptors (Lipinski definition) is 3. The van der Waals surface area contributed by atoms with Gasteiger partial charge in [-0.05, 0) is 34.5 Å². The molecule has 1 aliphatic rings. The van der Waals surface area contributed by atoms with E-state index in [1.165, 1.54) is 0 Å². The second-order valence-electron chi connectivity index (χ2n) is 2.95. The Morgan fingerprint density at radius 3 is 3.00 bits per heavy atom. The van der Waals surface area contributed by atoms with Crippen LogP contribution in [0.25, 0.3) is 0 Å². The molecule has 1 unspecified atom stereocenters. The first kappa shape index (κ1) is 9.65. The molecule has 1 heterocycles. The van der Waals surface area contributed by atoms with Gasteiger partial charge in [0, 0.05) is 6.07 Å². The fourth-order valence-electron chi connectivity index (χ4n) is 1.18. The summed E-state index contributed by atoms with van der Waals surface area (Å²) in [6.07, 6.45) is 0.911. The van der Waals surface area contributed by atoms with Crippen LogP contribution in [-0.2, 0) is 0 Å². The third-order valence-corrected chi connectivity index (χ3v) is 2.76. The van der Waals surface area contributed by atoms with Crippen LogP contribution in [0.4, 0.5) is 0 Å². The maximum Gasteiger partial charge on any atom is 0.231 e. The Balaban J connectivity index is 2.12. The smallest absolute Gasteiger partial charge is 0.231 e. The van der Waals surface area contributed by atoms with Gasteiger partial charge >= 0.3 is 0 Å². The van der Waals surface area contributed by atoms with Gasteiger partial charge < -0.3 is 14.2 Å². The molecule has 76 valence electrons. The molecule has 1 aromatic rings. The summed E-state index contributed by atoms with van der Waals surface area (Å²) in [6.45, 7) is 2.34. The van der Waals surface area contributed by atoms with Gasteiger partial charge in [0.1, 0.15) is 5.75 Å². The van der Waals surface area contributed by atoms with E-state index in [2.05, 4.69) is 15.9 Å². The second-order valence-corrected chi connectivity index (χ2v) is 3.97. The van der Waals surface area contributed by atoms with Gasteiger partial charge in [-0.3, -0.25) is 0 Å². The van der Waals surface area contributed by atoms with Gasteiger partial charge in [0.05, 0.1) is 0 Å². The van der Waals surface area contributed by atoms with Crippen LogP contribution < -0.4 is 14.2 Å². The van der Waals surface area contributed by atoms with Gasteiger partial charge in [-0.2, -0.15) is 0 Å². The summed E-state index contributed by atoms with van der Waals surface area (Å²) >= 11 is 3.40. The molecule has 0 aliphatic carbocycles. The van der Waals surface area contributed by atoms with Crippen molar-refractivity contribution in [1.82, 2.24) is 0 Å². The molecular weight excluding hydrogens is 248 g/mol. The normalized spacial score (nSPS) is 15.3. The SMILES string of the molecule is CCC(Br)Oc1ccc2c(c1)OCO2. The quantitative estimate of drug-likeness (QED) is 0.781. The summed E-state index contributed by atoms with van der Waals surface area (Å²) in [7, 11) is 0. The lowest BCUT2D eigenvalue weighted by Crippen LogP contribution is -2.05. The summed E-state index contributed by atoms with van der Waals surface area (Å²) in [4.78, 5) is 0. The van der Waals surface area contributed by atoms with Crippen molar-refractivity contribution in [2.45, 2.75) is 18.4 Å². The van der Waals surface area contributed by atoms with E-state index in [4.69, 9.17) is 14.2 Å². The van der Waals surface area contributed by atoms with Gasteiger partial charge in [-0.15, -0.1) is 0 Å². The maximum atomic E-state index is 5.57. The Kier molecular flexibility index (Phi) is 2.82. The first-order valence-corrected chi connectivity index (χ1v) is 5.41. The average Bonchev–Trinajstić information content (AvgIpc) is 2.64. The molecule has 1 aliphatic heterocycles. The largest absolute Gasteiger partial charge is 0.479 e. The van der Waals surface area contributed by atoms with Crippen molar-refractivity contribution in [1.29, 1.82) is 0 Å². The van der Waals surface area contributed by atoms with Gasteiger partial charge in [0.2, 0.25) is 6.79 Å². The topological polar surface area (TPSA) is 27.7 Å². The summed E-state index contributed by atoms with van der Waals surface area (Å²) in [5, 5.41) is 0.0443. The molecule has 0 fully saturated rings. The molecule has 4 heteroatoms. The van der Waals surface area contributed by atoms with E-state index in [0.717, 1.165) is 23.7 Å². The van der Waals surface area contributed by atoms with E-state index in [1.807, 2.05) is 25.1 Å². The molecule has 0 radical (unpaired) electrons. The molecular formula is C10H11BrO3. The molecule has 0 spiro atoms. The van der Waals surface area contributed by atoms with Crippen LogP contribution in [0.5, 0.6) is 17.2 Å². The molecule has 2 rings (SSSR count). The van der Waals surface area contributed by atoms with Crippen molar-refractivity contribution < 1.29 is 14.2 Å². The summed E-state index contributed by atoms with van der Waals surface area (Å²) < 4.78 is 16.0. The molecule has 0 saturated heterocycles. The van der Waals surface area contributed by atoms with Crippen molar-refractivity contribution in [2.24, 2.45) is 0 Å². The highest BCUT2D eigenvalue weighted by atomic mass is 79.9. The minimum absolute atomic E-state index is 0.0443. The number of hydrogen-bond donors (Lipinski definition) is 0. The fraction of sp³-hybridized carbons (Fsp3) is 0.400. The monoisotopic (exact) mass is 258 g/mol. The number of benzene rings is 1. The number of alkyl halides is 1. The molecule has 1 aromatic carbocycles. The highest BCUT2D eigenvalue weighted by Gasteiger charge is 2.14. The molecule has 0 aromatic heterocycles. The summed E-state index contributed by atoms with van der Waals surface area (Å²) in [5.74, 6) is 2.32. The number of ether oxygens (including phenoxy) is 3. The maximum absolute atomic E-state index is 5.57. The van der Waals surface area contributed by atoms with Crippen LogP contribution in [0.15, 0.2) is 18.2 Å². The molecule has 3 nitrogen and oxygen atoms in total. The van der Waals surface area contributed by atoms with E-state index in [9.17, 15) is 0 Å². The Bertz CT molecular complexity index is 327. The van der Waals surface area contributed by atoms with E-state index in [0.29, 0.717) is 6.79 Å². The Hall–Kier alpha value is -0.900. The predicted octanol–water partition coefficient (Wildman–Crippen LogP) is 2.93. The van der Waals surface area contributed by atoms with Crippen LogP contribution in [0, 0.1) is 0 Å². The Morgan fingerprint density at radius 2 is 2.21 bits per heavy atom. The van der Waals surface area contributed by atoms with Gasteiger partial charge in [0.25, 0.3) is 0 Å². The zero-order chi connectivity index (χ0) is 9.97. The van der Waals surface area contributed by atoms with Crippen molar-refractivity contribution in [3.05, 3.63) is 18.2 Å². The molecule has 1 atom stereocenters. The third kappa shape index (κ3) is 1.95. The standard InChI is InChI=1S/C10H11BrO3/c1-2-10(11)14-7-3-4-8-9(5-7)13-6-12-8/h3-5,10H,2,6H2,1H3. The average molecular weight is 259 g/mol. The highest BCUT2D eigenvalue weighted by Crippen LogP contribution is 2.35. The van der Waals surface area contributed by atoms with Crippen LogP contribution in [-0.4, -0.2) is 11.8 Å². The van der Waals surface area contributed by atoms with Gasteiger partial charge in [-0.25, -0.2) is 0 Å². The third-order valence-electron chi connectivity index (χ3n) is 1.93.